The Balaban J connectivity index is -0.000000206. The fourth-order valence-electron chi connectivity index (χ4n) is 17.3. The summed E-state index contributed by atoms with van der Waals surface area (Å²) in [5.74, 6) is -1.25. The van der Waals surface area contributed by atoms with Gasteiger partial charge in [-0.1, -0.05) is 248 Å². The summed E-state index contributed by atoms with van der Waals surface area (Å²) in [5.41, 5.74) is 8.19. The molecule has 0 heterocycles. The third-order valence-corrected chi connectivity index (χ3v) is 21.8. The minimum absolute atomic E-state index is 0. The monoisotopic (exact) mass is 2640 g/mol. The molecule has 0 aliphatic heterocycles. The maximum Gasteiger partial charge on any atom is -0.693 e. The SMILES string of the molecule is CCCCCCCCCC(=O)O.CCCCCCCCCC(=O)O.Cc1ccc(C(=O)O)c(C)c1.Cc1ccc(C(=O)O)c(C)c1.O=C(O)C12CC3CC(CC(C3)C1)C2.O=C(O)C12CC3CC(CC(C3)C1)C2.O=C(O)CC(c1ccccc1)c1ccccc1.O=C(O)CC(c1ccccc1)c1ccccc1.[Cl][Pt+2][Cl].[Cl][Pt+2][Cl].[Cl][Pt+2][Cl].[Cl][Pt+2][Cl].[NH2-].[NH2-].[NH2-].[NH2-].[NH2-].[NH2-].[NH2-].[NH2-]. The van der Waals surface area contributed by atoms with Crippen LogP contribution in [-0.4, -0.2) is 88.6 Å². The molecule has 14 rings (SSSR count). The van der Waals surface area contributed by atoms with Crippen molar-refractivity contribution in [2.75, 3.05) is 0 Å². The summed E-state index contributed by atoms with van der Waals surface area (Å²) in [7, 11) is 39.0. The fourth-order valence-corrected chi connectivity index (χ4v) is 17.3. The summed E-state index contributed by atoms with van der Waals surface area (Å²) in [6.45, 7) is 11.9. The van der Waals surface area contributed by atoms with E-state index in [1.807, 2.05) is 147 Å². The Hall–Kier alpha value is -4.17. The summed E-state index contributed by atoms with van der Waals surface area (Å²) < 4.78 is 0. The van der Waals surface area contributed by atoms with Gasteiger partial charge in [-0.15, -0.1) is 0 Å². The molecule has 0 amide bonds. The Labute approximate surface area is 815 Å². The van der Waals surface area contributed by atoms with E-state index in [0.717, 1.165) is 144 Å². The van der Waals surface area contributed by atoms with Crippen LogP contribution in [-0.2, 0) is 94.7 Å². The van der Waals surface area contributed by atoms with Crippen molar-refractivity contribution >= 4 is 123 Å². The standard InChI is InChI=1S/2C15H14O2.2C11H16O2.2C10H20O2.2C9H10O2.8ClH.8H2N.4Pt/c2*16-15(17)11-14(12-7-3-1-4-8-12)13-9-5-2-6-10-13;2*12-10(13)11-4-7-1-8(5-11)3-9(2-7)6-11;2*1-2-3-4-5-6-7-8-9-10(11)12;2*1-6-3-4-8(9(10)11)7(2)5-6;;;;;;;;;;;;;;;;;;;;/h2*1-10,14H,11H2,(H,16,17);2*7-9H,1-6H2,(H,12,13);2*2-9H2,1H3,(H,11,12);2*3-5H,1-2H3,(H,10,11);8*1H;8*1H2;;;;/q;;;;;;;;;;;;;;;;8*-1;4*+4/p-8. The quantitative estimate of drug-likeness (QED) is 0.0212. The van der Waals surface area contributed by atoms with Gasteiger partial charge in [-0.2, -0.15) is 0 Å². The van der Waals surface area contributed by atoms with Crippen molar-refractivity contribution in [3.8, 4) is 0 Å². The molecule has 728 valence electrons. The van der Waals surface area contributed by atoms with E-state index < -0.39 is 114 Å². The Morgan fingerprint density at radius 2 is 0.508 bits per heavy atom. The van der Waals surface area contributed by atoms with E-state index in [-0.39, 0.29) is 84.7 Å². The first-order valence-corrected chi connectivity index (χ1v) is 62.3. The van der Waals surface area contributed by atoms with Crippen molar-refractivity contribution in [1.29, 1.82) is 0 Å². The summed E-state index contributed by atoms with van der Waals surface area (Å²) in [4.78, 5) is 85.8. The normalized spacial score (nSPS) is 17.9. The Kier molecular flexibility index (Phi) is 88.9. The van der Waals surface area contributed by atoms with E-state index in [1.165, 1.54) is 103 Å². The number of halogens is 8. The molecule has 24 nitrogen and oxygen atoms in total. The number of rotatable bonds is 28. The van der Waals surface area contributed by atoms with Gasteiger partial charge >= 0.3 is 189 Å². The minimum atomic E-state index is -0.859. The largest absolute Gasteiger partial charge is 0.693 e. The molecular formula is C90H136Cl8N8O16Pt4. The number of hydrogen-bond donors (Lipinski definition) is 8. The zero-order valence-electron chi connectivity index (χ0n) is 72.6. The number of aliphatic carboxylic acids is 6. The van der Waals surface area contributed by atoms with E-state index in [2.05, 4.69) is 13.8 Å². The molecule has 0 saturated heterocycles. The first-order valence-electron chi connectivity index (χ1n) is 39.8. The van der Waals surface area contributed by atoms with Crippen LogP contribution in [0.1, 0.15) is 284 Å². The molecule has 6 aromatic rings. The van der Waals surface area contributed by atoms with E-state index in [0.29, 0.717) is 24.0 Å². The van der Waals surface area contributed by atoms with Gasteiger partial charge in [-0.25, -0.2) is 9.59 Å². The molecule has 8 fully saturated rings. The second kappa shape index (κ2) is 81.6. The molecule has 8 bridgehead atoms. The molecule has 0 spiro atoms. The van der Waals surface area contributed by atoms with Gasteiger partial charge in [0.25, 0.3) is 0 Å². The number of carbonyl (C=O) groups is 8. The van der Waals surface area contributed by atoms with Gasteiger partial charge in [0.15, 0.2) is 0 Å². The average molecular weight is 2650 g/mol. The van der Waals surface area contributed by atoms with Crippen molar-refractivity contribution in [2.24, 2.45) is 46.3 Å². The van der Waals surface area contributed by atoms with Crippen molar-refractivity contribution in [3.05, 3.63) is 263 Å². The molecule has 126 heavy (non-hydrogen) atoms. The summed E-state index contributed by atoms with van der Waals surface area (Å²) in [6.07, 6.45) is 31.4. The van der Waals surface area contributed by atoms with Gasteiger partial charge in [0.1, 0.15) is 0 Å². The minimum Gasteiger partial charge on any atom is -0.693 e. The van der Waals surface area contributed by atoms with Crippen LogP contribution in [0, 0.1) is 74.0 Å². The fraction of sp³-hybridized carbons (Fsp3) is 0.511. The molecule has 0 atom stereocenters. The van der Waals surface area contributed by atoms with Gasteiger partial charge in [0.05, 0.1) is 34.8 Å². The van der Waals surface area contributed by atoms with Crippen LogP contribution >= 0.6 is 75.3 Å². The van der Waals surface area contributed by atoms with Crippen LogP contribution in [0.15, 0.2) is 158 Å². The number of unbranched alkanes of at least 4 members (excludes halogenated alkanes) is 12. The second-order valence-corrected chi connectivity index (χ2v) is 44.0. The van der Waals surface area contributed by atoms with Crippen molar-refractivity contribution in [1.82, 2.24) is 0 Å². The van der Waals surface area contributed by atoms with E-state index in [4.69, 9.17) is 106 Å². The van der Waals surface area contributed by atoms with Crippen molar-refractivity contribution < 1.29 is 145 Å². The topological polar surface area (TPSA) is 566 Å². The Morgan fingerprint density at radius 3 is 0.675 bits per heavy atom. The predicted octanol–water partition coefficient (Wildman–Crippen LogP) is 32.8. The molecule has 0 unspecified atom stereocenters. The Morgan fingerprint density at radius 1 is 0.310 bits per heavy atom. The molecular weight excluding hydrogens is 2510 g/mol. The molecule has 0 aromatic heterocycles. The summed E-state index contributed by atoms with van der Waals surface area (Å²) in [5, 5.41) is 70.6. The van der Waals surface area contributed by atoms with E-state index in [1.54, 1.807) is 38.1 Å². The molecule has 0 radical (unpaired) electrons. The van der Waals surface area contributed by atoms with Gasteiger partial charge in [-0.05, 0) is 199 Å². The first-order chi connectivity index (χ1) is 56.3. The van der Waals surface area contributed by atoms with E-state index in [9.17, 15) is 48.6 Å². The maximum absolute atomic E-state index is 11.3. The Bertz CT molecular complexity index is 3430. The number of carboxylic acids is 8. The van der Waals surface area contributed by atoms with Crippen molar-refractivity contribution in [3.63, 3.8) is 0 Å². The number of hydrogen-bond acceptors (Lipinski definition) is 8. The zero-order chi connectivity index (χ0) is 88.4. The second-order valence-electron chi connectivity index (χ2n) is 30.9. The smallest absolute Gasteiger partial charge is 0.693 e. The zero-order valence-corrected chi connectivity index (χ0v) is 87.7. The van der Waals surface area contributed by atoms with Crippen LogP contribution in [0.5, 0.6) is 0 Å². The van der Waals surface area contributed by atoms with Crippen LogP contribution in [0.2, 0.25) is 0 Å². The van der Waals surface area contributed by atoms with Crippen LogP contribution in [0.4, 0.5) is 0 Å². The van der Waals surface area contributed by atoms with E-state index >= 15 is 0 Å². The third kappa shape index (κ3) is 58.7. The predicted molar refractivity (Wildman–Crippen MR) is 506 cm³/mol. The summed E-state index contributed by atoms with van der Waals surface area (Å²) in [6, 6.07) is 49.6. The summed E-state index contributed by atoms with van der Waals surface area (Å²) >= 11 is -1.89. The van der Waals surface area contributed by atoms with Crippen molar-refractivity contribution in [2.45, 2.75) is 246 Å². The average Bonchev–Trinajstić information content (AvgIpc) is 0.750. The third-order valence-electron chi connectivity index (χ3n) is 21.8. The number of benzene rings is 6. The van der Waals surface area contributed by atoms with Crippen LogP contribution in [0.25, 0.3) is 49.2 Å². The molecule has 8 aliphatic carbocycles. The maximum atomic E-state index is 11.3. The molecule has 8 saturated carbocycles. The number of carboxylic acid groups (broad SMARTS) is 8. The van der Waals surface area contributed by atoms with Gasteiger partial charge in [0, 0.05) is 24.7 Å². The van der Waals surface area contributed by atoms with Crippen LogP contribution < -0.4 is 0 Å². The first kappa shape index (κ1) is 137. The molecule has 6 aromatic carbocycles. The van der Waals surface area contributed by atoms with Gasteiger partial charge in [-0.3, -0.25) is 28.8 Å². The number of aromatic carboxylic acids is 2. The van der Waals surface area contributed by atoms with Crippen LogP contribution in [0.3, 0.4) is 0 Å². The molecule has 36 heteroatoms. The molecule has 8 aliphatic rings. The number of nitrogens with two attached hydrogens (primary N) is 8. The van der Waals surface area contributed by atoms with Gasteiger partial charge < -0.3 is 90.1 Å². The van der Waals surface area contributed by atoms with Gasteiger partial charge in [0.2, 0.25) is 0 Å². The number of aryl methyl sites for hydroxylation is 4. The molecule has 24 N–H and O–H groups in total.